The molecule has 2 aromatic rings. The summed E-state index contributed by atoms with van der Waals surface area (Å²) in [5.41, 5.74) is 2.75. The lowest BCUT2D eigenvalue weighted by Crippen LogP contribution is -2.29. The van der Waals surface area contributed by atoms with Crippen molar-refractivity contribution in [2.45, 2.75) is 31.8 Å². The van der Waals surface area contributed by atoms with Crippen LogP contribution in [0.25, 0.3) is 0 Å². The van der Waals surface area contributed by atoms with Crippen molar-refractivity contribution >= 4 is 17.2 Å². The van der Waals surface area contributed by atoms with Crippen LogP contribution in [0.5, 0.6) is 5.75 Å². The van der Waals surface area contributed by atoms with Crippen molar-refractivity contribution in [2.75, 3.05) is 13.7 Å². The number of aryl methyl sites for hydroxylation is 1. The van der Waals surface area contributed by atoms with Gasteiger partial charge in [-0.2, -0.15) is 0 Å². The van der Waals surface area contributed by atoms with Crippen LogP contribution < -0.4 is 10.1 Å². The molecule has 2 N–H and O–H groups in total. The van der Waals surface area contributed by atoms with Crippen LogP contribution in [0, 0.1) is 0 Å². The van der Waals surface area contributed by atoms with Gasteiger partial charge in [0, 0.05) is 16.8 Å². The first kappa shape index (κ1) is 16.0. The second kappa shape index (κ2) is 7.15. The lowest BCUT2D eigenvalue weighted by Gasteiger charge is -2.15. The third-order valence-corrected chi connectivity index (χ3v) is 5.35. The molecule has 0 saturated carbocycles. The maximum Gasteiger partial charge on any atom is 0.252 e. The van der Waals surface area contributed by atoms with E-state index >= 15 is 0 Å². The van der Waals surface area contributed by atoms with Crippen LogP contribution in [0.2, 0.25) is 0 Å². The van der Waals surface area contributed by atoms with Gasteiger partial charge in [-0.1, -0.05) is 12.1 Å². The minimum absolute atomic E-state index is 0.0861. The fraction of sp³-hybridized carbons (Fsp3) is 0.389. The van der Waals surface area contributed by atoms with E-state index in [4.69, 9.17) is 4.74 Å². The molecule has 0 spiro atoms. The molecule has 1 aliphatic rings. The molecule has 1 aromatic carbocycles. The number of hydrogen-bond acceptors (Lipinski definition) is 4. The molecule has 3 rings (SSSR count). The van der Waals surface area contributed by atoms with E-state index in [1.165, 1.54) is 16.9 Å². The minimum Gasteiger partial charge on any atom is -0.497 e. The summed E-state index contributed by atoms with van der Waals surface area (Å²) in [5, 5.41) is 15.0. The minimum atomic E-state index is -0.723. The Hall–Kier alpha value is -1.85. The number of rotatable bonds is 5. The average molecular weight is 331 g/mol. The van der Waals surface area contributed by atoms with Crippen LogP contribution >= 0.6 is 11.3 Å². The third-order valence-electron chi connectivity index (χ3n) is 4.26. The molecule has 122 valence electrons. The molecule has 0 aliphatic heterocycles. The van der Waals surface area contributed by atoms with Gasteiger partial charge < -0.3 is 15.2 Å². The van der Waals surface area contributed by atoms with Gasteiger partial charge in [-0.25, -0.2) is 0 Å². The predicted molar refractivity (Wildman–Crippen MR) is 91.2 cm³/mol. The number of methoxy groups -OCH3 is 1. The number of fused-ring (bicyclic) bond motifs is 1. The Bertz CT molecular complexity index is 678. The number of benzene rings is 1. The summed E-state index contributed by atoms with van der Waals surface area (Å²) < 4.78 is 5.10. The molecule has 0 unspecified atom stereocenters. The van der Waals surface area contributed by atoms with Crippen LogP contribution in [-0.4, -0.2) is 24.7 Å². The number of aliphatic hydroxyl groups excluding tert-OH is 1. The van der Waals surface area contributed by atoms with E-state index in [9.17, 15) is 9.90 Å². The zero-order chi connectivity index (χ0) is 16.2. The van der Waals surface area contributed by atoms with Crippen LogP contribution in [0.1, 0.15) is 45.3 Å². The first-order valence-corrected chi connectivity index (χ1v) is 8.76. The summed E-state index contributed by atoms with van der Waals surface area (Å²) in [4.78, 5) is 13.7. The first-order valence-electron chi connectivity index (χ1n) is 7.88. The Labute approximate surface area is 140 Å². The number of carbonyl (C=O) groups excluding carboxylic acids is 1. The Morgan fingerprint density at radius 1 is 1.30 bits per heavy atom. The van der Waals surface area contributed by atoms with E-state index in [2.05, 4.69) is 5.32 Å². The zero-order valence-corrected chi connectivity index (χ0v) is 14.0. The molecule has 1 amide bonds. The van der Waals surface area contributed by atoms with Gasteiger partial charge in [-0.05, 0) is 48.9 Å². The number of aliphatic hydroxyl groups is 1. The van der Waals surface area contributed by atoms with Crippen molar-refractivity contribution in [3.8, 4) is 5.75 Å². The molecule has 0 saturated heterocycles. The monoisotopic (exact) mass is 331 g/mol. The van der Waals surface area contributed by atoms with Gasteiger partial charge in [0.25, 0.3) is 5.91 Å². The van der Waals surface area contributed by atoms with E-state index in [0.29, 0.717) is 0 Å². The number of carbonyl (C=O) groups is 1. The molecule has 0 bridgehead atoms. The Kier molecular flexibility index (Phi) is 4.98. The highest BCUT2D eigenvalue weighted by molar-refractivity contribution is 7.10. The summed E-state index contributed by atoms with van der Waals surface area (Å²) in [6.45, 7) is 0.204. The summed E-state index contributed by atoms with van der Waals surface area (Å²) in [6, 6.07) is 7.22. The molecule has 0 fully saturated rings. The normalized spacial score (nSPS) is 14.9. The van der Waals surface area contributed by atoms with Crippen LogP contribution in [0.4, 0.5) is 0 Å². The molecule has 1 aliphatic carbocycles. The fourth-order valence-electron chi connectivity index (χ4n) is 2.91. The van der Waals surface area contributed by atoms with E-state index in [0.717, 1.165) is 36.1 Å². The molecule has 4 nitrogen and oxygen atoms in total. The third kappa shape index (κ3) is 3.57. The lowest BCUT2D eigenvalue weighted by molar-refractivity contribution is 0.0915. The largest absolute Gasteiger partial charge is 0.497 e. The average Bonchev–Trinajstić information content (AvgIpc) is 3.03. The Balaban J connectivity index is 1.61. The van der Waals surface area contributed by atoms with Crippen molar-refractivity contribution < 1.29 is 14.6 Å². The number of amides is 1. The molecule has 0 radical (unpaired) electrons. The summed E-state index contributed by atoms with van der Waals surface area (Å²) >= 11 is 1.68. The molecular weight excluding hydrogens is 310 g/mol. The van der Waals surface area contributed by atoms with E-state index in [-0.39, 0.29) is 12.5 Å². The summed E-state index contributed by atoms with van der Waals surface area (Å²) in [6.07, 6.45) is 3.72. The number of ether oxygens (including phenoxy) is 1. The lowest BCUT2D eigenvalue weighted by atomic mass is 9.95. The quantitative estimate of drug-likeness (QED) is 0.885. The van der Waals surface area contributed by atoms with Crippen LogP contribution in [0.3, 0.4) is 0 Å². The highest BCUT2D eigenvalue weighted by Gasteiger charge is 2.20. The van der Waals surface area contributed by atoms with Crippen molar-refractivity contribution in [3.05, 3.63) is 51.2 Å². The van der Waals surface area contributed by atoms with Gasteiger partial charge >= 0.3 is 0 Å². The van der Waals surface area contributed by atoms with E-state index in [1.54, 1.807) is 30.6 Å². The van der Waals surface area contributed by atoms with E-state index < -0.39 is 6.10 Å². The predicted octanol–water partition coefficient (Wildman–Crippen LogP) is 3.10. The molecule has 1 atom stereocenters. The Morgan fingerprint density at radius 3 is 2.78 bits per heavy atom. The van der Waals surface area contributed by atoms with Crippen molar-refractivity contribution in [1.29, 1.82) is 0 Å². The molecule has 1 heterocycles. The number of nitrogens with one attached hydrogen (secondary N) is 1. The second-order valence-electron chi connectivity index (χ2n) is 5.76. The maximum absolute atomic E-state index is 12.4. The van der Waals surface area contributed by atoms with Gasteiger partial charge in [0.15, 0.2) is 0 Å². The SMILES string of the molecule is COc1ccc([C@@H](O)CNC(=O)c2csc3c2CCCC3)cc1. The van der Waals surface area contributed by atoms with Crippen LogP contribution in [0.15, 0.2) is 29.6 Å². The molecule has 5 heteroatoms. The van der Waals surface area contributed by atoms with Gasteiger partial charge in [-0.3, -0.25) is 4.79 Å². The van der Waals surface area contributed by atoms with Crippen LogP contribution in [-0.2, 0) is 12.8 Å². The standard InChI is InChI=1S/C18H21NO3S/c1-22-13-8-6-12(7-9-13)16(20)10-19-18(21)15-11-23-17-5-3-2-4-14(15)17/h6-9,11,16,20H,2-5,10H2,1H3,(H,19,21)/t16-/m0/s1. The summed E-state index contributed by atoms with van der Waals surface area (Å²) in [7, 11) is 1.60. The first-order chi connectivity index (χ1) is 11.2. The summed E-state index contributed by atoms with van der Waals surface area (Å²) in [5.74, 6) is 0.659. The topological polar surface area (TPSA) is 58.6 Å². The van der Waals surface area contributed by atoms with Crippen molar-refractivity contribution in [2.24, 2.45) is 0 Å². The van der Waals surface area contributed by atoms with Gasteiger partial charge in [-0.15, -0.1) is 11.3 Å². The van der Waals surface area contributed by atoms with Gasteiger partial charge in [0.1, 0.15) is 5.75 Å². The fourth-order valence-corrected chi connectivity index (χ4v) is 4.04. The molecular formula is C18H21NO3S. The molecule has 1 aromatic heterocycles. The van der Waals surface area contributed by atoms with Gasteiger partial charge in [0.2, 0.25) is 0 Å². The zero-order valence-electron chi connectivity index (χ0n) is 13.2. The van der Waals surface area contributed by atoms with Crippen molar-refractivity contribution in [3.63, 3.8) is 0 Å². The van der Waals surface area contributed by atoms with Gasteiger partial charge in [0.05, 0.1) is 18.8 Å². The number of thiophene rings is 1. The number of hydrogen-bond donors (Lipinski definition) is 2. The second-order valence-corrected chi connectivity index (χ2v) is 6.72. The highest BCUT2D eigenvalue weighted by atomic mass is 32.1. The maximum atomic E-state index is 12.4. The Morgan fingerprint density at radius 2 is 2.04 bits per heavy atom. The van der Waals surface area contributed by atoms with Crippen molar-refractivity contribution in [1.82, 2.24) is 5.32 Å². The molecule has 23 heavy (non-hydrogen) atoms. The van der Waals surface area contributed by atoms with E-state index in [1.807, 2.05) is 17.5 Å². The smallest absolute Gasteiger partial charge is 0.252 e. The highest BCUT2D eigenvalue weighted by Crippen LogP contribution is 2.30.